The second-order valence-corrected chi connectivity index (χ2v) is 5.21. The highest BCUT2D eigenvalue weighted by molar-refractivity contribution is 5.72. The summed E-state index contributed by atoms with van der Waals surface area (Å²) in [6.07, 6.45) is 1.93. The minimum absolute atomic E-state index is 0.201. The van der Waals surface area contributed by atoms with Crippen LogP contribution in [0.1, 0.15) is 30.9 Å². The number of benzene rings is 1. The molecule has 0 aliphatic heterocycles. The molecule has 0 amide bonds. The van der Waals surface area contributed by atoms with Crippen LogP contribution in [-0.2, 0) is 21.5 Å². The monoisotopic (exact) mass is 265 g/mol. The molecule has 4 heteroatoms. The third-order valence-electron chi connectivity index (χ3n) is 3.97. The van der Waals surface area contributed by atoms with Gasteiger partial charge in [-0.25, -0.2) is 4.39 Å². The lowest BCUT2D eigenvalue weighted by molar-refractivity contribution is -0.146. The number of nitrogens with zero attached hydrogens (tertiary/aromatic N) is 1. The van der Waals surface area contributed by atoms with Gasteiger partial charge in [0.15, 0.2) is 0 Å². The Balaban J connectivity index is 2.36. The standard InChI is InChI=1S/C15H20FNO2/c1-4-19-14(18)10-15(17(2)3)8-7-11-9-12(16)5-6-13(11)15/h5-6,9H,4,7-8,10H2,1-3H3. The number of hydrogen-bond donors (Lipinski definition) is 0. The van der Waals surface area contributed by atoms with Crippen molar-refractivity contribution in [2.75, 3.05) is 20.7 Å². The van der Waals surface area contributed by atoms with Crippen LogP contribution in [0.25, 0.3) is 0 Å². The van der Waals surface area contributed by atoms with Crippen LogP contribution in [0.4, 0.5) is 4.39 Å². The lowest BCUT2D eigenvalue weighted by Gasteiger charge is -2.36. The molecule has 0 radical (unpaired) electrons. The molecular formula is C15H20FNO2. The molecule has 1 aliphatic rings. The molecule has 1 aromatic rings. The Morgan fingerprint density at radius 3 is 2.84 bits per heavy atom. The summed E-state index contributed by atoms with van der Waals surface area (Å²) in [5.41, 5.74) is 1.68. The van der Waals surface area contributed by atoms with E-state index in [-0.39, 0.29) is 17.3 Å². The highest BCUT2D eigenvalue weighted by atomic mass is 19.1. The molecule has 2 rings (SSSR count). The van der Waals surface area contributed by atoms with Crippen LogP contribution in [0.2, 0.25) is 0 Å². The second kappa shape index (κ2) is 5.29. The van der Waals surface area contributed by atoms with Crippen molar-refractivity contribution in [3.8, 4) is 0 Å². The number of halogens is 1. The summed E-state index contributed by atoms with van der Waals surface area (Å²) >= 11 is 0. The smallest absolute Gasteiger partial charge is 0.308 e. The molecule has 1 aromatic carbocycles. The number of aryl methyl sites for hydroxylation is 1. The van der Waals surface area contributed by atoms with E-state index in [2.05, 4.69) is 0 Å². The first-order valence-electron chi connectivity index (χ1n) is 6.61. The van der Waals surface area contributed by atoms with E-state index >= 15 is 0 Å². The summed E-state index contributed by atoms with van der Waals surface area (Å²) < 4.78 is 18.4. The topological polar surface area (TPSA) is 29.5 Å². The Kier molecular flexibility index (Phi) is 3.90. The molecule has 1 atom stereocenters. The third-order valence-corrected chi connectivity index (χ3v) is 3.97. The van der Waals surface area contributed by atoms with Gasteiger partial charge in [-0.3, -0.25) is 9.69 Å². The van der Waals surface area contributed by atoms with Crippen molar-refractivity contribution in [3.05, 3.63) is 35.1 Å². The Morgan fingerprint density at radius 2 is 2.21 bits per heavy atom. The largest absolute Gasteiger partial charge is 0.466 e. The summed E-state index contributed by atoms with van der Waals surface area (Å²) in [6.45, 7) is 2.19. The zero-order valence-electron chi connectivity index (χ0n) is 11.7. The molecule has 0 heterocycles. The van der Waals surface area contributed by atoms with Crippen molar-refractivity contribution in [1.82, 2.24) is 4.90 Å². The average molecular weight is 265 g/mol. The average Bonchev–Trinajstić information content (AvgIpc) is 2.69. The highest BCUT2D eigenvalue weighted by Gasteiger charge is 2.42. The lowest BCUT2D eigenvalue weighted by atomic mass is 9.87. The van der Waals surface area contributed by atoms with Gasteiger partial charge in [-0.15, -0.1) is 0 Å². The van der Waals surface area contributed by atoms with E-state index in [1.165, 1.54) is 6.07 Å². The second-order valence-electron chi connectivity index (χ2n) is 5.21. The molecule has 1 aliphatic carbocycles. The number of rotatable bonds is 4. The van der Waals surface area contributed by atoms with Crippen molar-refractivity contribution in [2.45, 2.75) is 31.7 Å². The maximum Gasteiger partial charge on any atom is 0.308 e. The Labute approximate surface area is 113 Å². The first-order valence-corrected chi connectivity index (χ1v) is 6.61. The van der Waals surface area contributed by atoms with E-state index in [4.69, 9.17) is 4.74 Å². The molecule has 0 aromatic heterocycles. The fourth-order valence-corrected chi connectivity index (χ4v) is 2.96. The van der Waals surface area contributed by atoms with Gasteiger partial charge < -0.3 is 4.74 Å². The van der Waals surface area contributed by atoms with E-state index in [1.807, 2.05) is 19.0 Å². The van der Waals surface area contributed by atoms with Gasteiger partial charge in [0.25, 0.3) is 0 Å². The molecule has 0 N–H and O–H groups in total. The van der Waals surface area contributed by atoms with Gasteiger partial charge >= 0.3 is 5.97 Å². The molecule has 0 fully saturated rings. The Bertz CT molecular complexity index is 487. The van der Waals surface area contributed by atoms with E-state index in [9.17, 15) is 9.18 Å². The van der Waals surface area contributed by atoms with Crippen LogP contribution in [0.5, 0.6) is 0 Å². The number of esters is 1. The summed E-state index contributed by atoms with van der Waals surface area (Å²) in [7, 11) is 3.91. The molecule has 3 nitrogen and oxygen atoms in total. The van der Waals surface area contributed by atoms with Crippen molar-refractivity contribution < 1.29 is 13.9 Å². The lowest BCUT2D eigenvalue weighted by Crippen LogP contribution is -2.41. The minimum atomic E-state index is -0.366. The highest BCUT2D eigenvalue weighted by Crippen LogP contribution is 2.43. The van der Waals surface area contributed by atoms with Crippen LogP contribution in [0.15, 0.2) is 18.2 Å². The van der Waals surface area contributed by atoms with Gasteiger partial charge in [0.05, 0.1) is 18.6 Å². The van der Waals surface area contributed by atoms with E-state index < -0.39 is 0 Å². The zero-order valence-corrected chi connectivity index (χ0v) is 11.7. The minimum Gasteiger partial charge on any atom is -0.466 e. The molecule has 0 saturated carbocycles. The molecular weight excluding hydrogens is 245 g/mol. The van der Waals surface area contributed by atoms with Gasteiger partial charge in [-0.05, 0) is 57.1 Å². The van der Waals surface area contributed by atoms with Crippen molar-refractivity contribution >= 4 is 5.97 Å². The van der Waals surface area contributed by atoms with Gasteiger partial charge in [0.1, 0.15) is 5.82 Å². The zero-order chi connectivity index (χ0) is 14.0. The number of hydrogen-bond acceptors (Lipinski definition) is 3. The van der Waals surface area contributed by atoms with Crippen LogP contribution in [-0.4, -0.2) is 31.6 Å². The molecule has 0 saturated heterocycles. The maximum atomic E-state index is 13.3. The number of ether oxygens (including phenoxy) is 1. The third kappa shape index (κ3) is 2.50. The molecule has 104 valence electrons. The fourth-order valence-electron chi connectivity index (χ4n) is 2.96. The fraction of sp³-hybridized carbons (Fsp3) is 0.533. The van der Waals surface area contributed by atoms with Gasteiger partial charge in [0.2, 0.25) is 0 Å². The molecule has 0 bridgehead atoms. The SMILES string of the molecule is CCOC(=O)CC1(N(C)C)CCc2cc(F)ccc21. The first-order chi connectivity index (χ1) is 8.99. The summed E-state index contributed by atoms with van der Waals surface area (Å²) in [4.78, 5) is 13.9. The van der Waals surface area contributed by atoms with Crippen molar-refractivity contribution in [2.24, 2.45) is 0 Å². The summed E-state index contributed by atoms with van der Waals surface area (Å²) in [5.74, 6) is -0.419. The van der Waals surface area contributed by atoms with Crippen molar-refractivity contribution in [3.63, 3.8) is 0 Å². The molecule has 19 heavy (non-hydrogen) atoms. The Morgan fingerprint density at radius 1 is 1.47 bits per heavy atom. The van der Waals surface area contributed by atoms with Crippen LogP contribution >= 0.6 is 0 Å². The van der Waals surface area contributed by atoms with Crippen LogP contribution in [0, 0.1) is 5.82 Å². The van der Waals surface area contributed by atoms with Crippen molar-refractivity contribution in [1.29, 1.82) is 0 Å². The van der Waals surface area contributed by atoms with E-state index in [0.717, 1.165) is 24.0 Å². The first kappa shape index (κ1) is 14.0. The summed E-state index contributed by atoms with van der Waals surface area (Å²) in [5, 5.41) is 0. The van der Waals surface area contributed by atoms with E-state index in [1.54, 1.807) is 19.1 Å². The van der Waals surface area contributed by atoms with E-state index in [0.29, 0.717) is 13.0 Å². The van der Waals surface area contributed by atoms with Gasteiger partial charge in [0, 0.05) is 0 Å². The number of fused-ring (bicyclic) bond motifs is 1. The molecule has 0 spiro atoms. The number of carbonyl (C=O) groups excluding carboxylic acids is 1. The van der Waals surface area contributed by atoms with Crippen LogP contribution in [0.3, 0.4) is 0 Å². The predicted molar refractivity (Wildman–Crippen MR) is 71.3 cm³/mol. The predicted octanol–water partition coefficient (Wildman–Crippen LogP) is 2.48. The van der Waals surface area contributed by atoms with Gasteiger partial charge in [-0.1, -0.05) is 6.07 Å². The summed E-state index contributed by atoms with van der Waals surface area (Å²) in [6, 6.07) is 4.84. The molecule has 1 unspecified atom stereocenters. The Hall–Kier alpha value is -1.42. The van der Waals surface area contributed by atoms with Gasteiger partial charge in [-0.2, -0.15) is 0 Å². The maximum absolute atomic E-state index is 13.3. The van der Waals surface area contributed by atoms with Crippen LogP contribution < -0.4 is 0 Å². The quantitative estimate of drug-likeness (QED) is 0.783. The normalized spacial score (nSPS) is 21.5. The number of carbonyl (C=O) groups is 1.